The summed E-state index contributed by atoms with van der Waals surface area (Å²) >= 11 is 17.5. The monoisotopic (exact) mass is 281 g/mol. The topological polar surface area (TPSA) is 22.1 Å². The maximum Gasteiger partial charge on any atom is 0.234 e. The second kappa shape index (κ2) is 5.95. The van der Waals surface area contributed by atoms with Crippen LogP contribution in [0.1, 0.15) is 27.2 Å². The Balaban J connectivity index is 2.77. The second-order valence-electron chi connectivity index (χ2n) is 4.11. The minimum absolute atomic E-state index is 0.0437. The van der Waals surface area contributed by atoms with E-state index in [0.717, 1.165) is 6.42 Å². The molecule has 0 aliphatic heterocycles. The summed E-state index contributed by atoms with van der Waals surface area (Å²) in [6.07, 6.45) is 0.973. The zero-order valence-electron chi connectivity index (χ0n) is 9.43. The van der Waals surface area contributed by atoms with Gasteiger partial charge in [-0.1, -0.05) is 48.7 Å². The third-order valence-electron chi connectivity index (χ3n) is 1.97. The molecule has 0 saturated carbocycles. The average molecular weight is 283 g/mol. The molecule has 0 spiro atoms. The van der Waals surface area contributed by atoms with E-state index in [1.165, 1.54) is 6.07 Å². The molecule has 1 rings (SSSR count). The van der Waals surface area contributed by atoms with E-state index in [1.54, 1.807) is 0 Å². The molecule has 2 nitrogen and oxygen atoms in total. The van der Waals surface area contributed by atoms with Crippen LogP contribution in [0.15, 0.2) is 6.07 Å². The molecule has 0 aliphatic carbocycles. The van der Waals surface area contributed by atoms with Gasteiger partial charge < -0.3 is 4.74 Å². The normalized spacial score (nSPS) is 12.9. The number of aromatic nitrogens is 1. The second-order valence-corrected chi connectivity index (χ2v) is 5.28. The van der Waals surface area contributed by atoms with Gasteiger partial charge in [-0.3, -0.25) is 0 Å². The van der Waals surface area contributed by atoms with E-state index in [9.17, 15) is 0 Å². The van der Waals surface area contributed by atoms with Crippen LogP contribution in [0.25, 0.3) is 0 Å². The first kappa shape index (κ1) is 13.9. The van der Waals surface area contributed by atoms with E-state index in [2.05, 4.69) is 18.8 Å². The first-order valence-electron chi connectivity index (χ1n) is 5.08. The van der Waals surface area contributed by atoms with Crippen molar-refractivity contribution in [2.75, 3.05) is 0 Å². The van der Waals surface area contributed by atoms with Gasteiger partial charge in [0.2, 0.25) is 5.88 Å². The molecular weight excluding hydrogens is 268 g/mol. The number of ether oxygens (including phenoxy) is 1. The molecule has 0 amide bonds. The van der Waals surface area contributed by atoms with Crippen molar-refractivity contribution in [3.8, 4) is 5.88 Å². The van der Waals surface area contributed by atoms with Gasteiger partial charge in [0.1, 0.15) is 5.02 Å². The Kier molecular flexibility index (Phi) is 5.16. The minimum Gasteiger partial charge on any atom is -0.474 e. The van der Waals surface area contributed by atoms with Crippen LogP contribution in [0, 0.1) is 5.92 Å². The van der Waals surface area contributed by atoms with E-state index < -0.39 is 0 Å². The van der Waals surface area contributed by atoms with Gasteiger partial charge in [-0.2, -0.15) is 4.98 Å². The van der Waals surface area contributed by atoms with Crippen LogP contribution in [-0.2, 0) is 0 Å². The molecule has 0 N–H and O–H groups in total. The molecule has 0 aromatic carbocycles. The van der Waals surface area contributed by atoms with E-state index in [4.69, 9.17) is 39.5 Å². The maximum atomic E-state index is 5.95. The van der Waals surface area contributed by atoms with E-state index in [-0.39, 0.29) is 11.3 Å². The number of rotatable bonds is 4. The average Bonchev–Trinajstić information content (AvgIpc) is 2.12. The van der Waals surface area contributed by atoms with Crippen molar-refractivity contribution < 1.29 is 4.74 Å². The van der Waals surface area contributed by atoms with Gasteiger partial charge in [0, 0.05) is 0 Å². The molecule has 16 heavy (non-hydrogen) atoms. The number of hydrogen-bond acceptors (Lipinski definition) is 2. The standard InChI is InChI=1S/C11H14Cl3NO/c1-6(2)4-7(3)16-11-9(13)5-8(12)10(14)15-11/h5-7H,4H2,1-3H3. The Morgan fingerprint density at radius 2 is 1.81 bits per heavy atom. The minimum atomic E-state index is 0.0437. The summed E-state index contributed by atoms with van der Waals surface area (Å²) in [5.74, 6) is 0.890. The van der Waals surface area contributed by atoms with Crippen LogP contribution in [0.4, 0.5) is 0 Å². The van der Waals surface area contributed by atoms with Crippen molar-refractivity contribution in [2.45, 2.75) is 33.3 Å². The van der Waals surface area contributed by atoms with Crippen LogP contribution < -0.4 is 4.74 Å². The molecule has 0 radical (unpaired) electrons. The predicted octanol–water partition coefficient (Wildman–Crippen LogP) is 4.86. The summed E-state index contributed by atoms with van der Waals surface area (Å²) in [6, 6.07) is 1.54. The fourth-order valence-corrected chi connectivity index (χ4v) is 1.95. The van der Waals surface area contributed by atoms with E-state index in [1.807, 2.05) is 6.92 Å². The van der Waals surface area contributed by atoms with Crippen molar-refractivity contribution in [3.05, 3.63) is 21.3 Å². The number of halogens is 3. The summed E-state index contributed by atoms with van der Waals surface area (Å²) in [4.78, 5) is 4.00. The highest BCUT2D eigenvalue weighted by atomic mass is 35.5. The third kappa shape index (κ3) is 4.00. The summed E-state index contributed by atoms with van der Waals surface area (Å²) in [7, 11) is 0. The lowest BCUT2D eigenvalue weighted by Gasteiger charge is -2.16. The molecule has 0 bridgehead atoms. The SMILES string of the molecule is CC(C)CC(C)Oc1nc(Cl)c(Cl)cc1Cl. The maximum absolute atomic E-state index is 5.95. The number of pyridine rings is 1. The predicted molar refractivity (Wildman–Crippen MR) is 68.8 cm³/mol. The summed E-state index contributed by atoms with van der Waals surface area (Å²) in [5.41, 5.74) is 0. The van der Waals surface area contributed by atoms with Crippen LogP contribution in [0.2, 0.25) is 15.2 Å². The van der Waals surface area contributed by atoms with Gasteiger partial charge in [0.25, 0.3) is 0 Å². The molecule has 1 atom stereocenters. The first-order valence-corrected chi connectivity index (χ1v) is 6.21. The van der Waals surface area contributed by atoms with E-state index in [0.29, 0.717) is 21.8 Å². The molecule has 1 heterocycles. The molecule has 1 unspecified atom stereocenters. The van der Waals surface area contributed by atoms with Gasteiger partial charge in [-0.15, -0.1) is 0 Å². The summed E-state index contributed by atoms with van der Waals surface area (Å²) in [6.45, 7) is 6.23. The molecule has 1 aromatic rings. The molecule has 0 fully saturated rings. The lowest BCUT2D eigenvalue weighted by atomic mass is 10.1. The van der Waals surface area contributed by atoms with E-state index >= 15 is 0 Å². The van der Waals surface area contributed by atoms with Crippen molar-refractivity contribution in [3.63, 3.8) is 0 Å². The number of nitrogens with zero attached hydrogens (tertiary/aromatic N) is 1. The van der Waals surface area contributed by atoms with Crippen LogP contribution in [0.5, 0.6) is 5.88 Å². The third-order valence-corrected chi connectivity index (χ3v) is 2.91. The van der Waals surface area contributed by atoms with Gasteiger partial charge in [0.05, 0.1) is 11.1 Å². The zero-order chi connectivity index (χ0) is 12.3. The largest absolute Gasteiger partial charge is 0.474 e. The van der Waals surface area contributed by atoms with Gasteiger partial charge >= 0.3 is 0 Å². The fourth-order valence-electron chi connectivity index (χ4n) is 1.41. The highest BCUT2D eigenvalue weighted by molar-refractivity contribution is 6.42. The Hall–Kier alpha value is -0.180. The van der Waals surface area contributed by atoms with Gasteiger partial charge in [-0.25, -0.2) is 0 Å². The van der Waals surface area contributed by atoms with Crippen molar-refractivity contribution in [1.29, 1.82) is 0 Å². The Bertz CT molecular complexity index is 368. The highest BCUT2D eigenvalue weighted by Gasteiger charge is 2.13. The van der Waals surface area contributed by atoms with Crippen LogP contribution in [0.3, 0.4) is 0 Å². The lowest BCUT2D eigenvalue weighted by molar-refractivity contribution is 0.186. The Labute approximate surface area is 111 Å². The highest BCUT2D eigenvalue weighted by Crippen LogP contribution is 2.31. The van der Waals surface area contributed by atoms with Gasteiger partial charge in [-0.05, 0) is 25.3 Å². The molecule has 90 valence electrons. The quantitative estimate of drug-likeness (QED) is 0.736. The molecular formula is C11H14Cl3NO. The van der Waals surface area contributed by atoms with Gasteiger partial charge in [0.15, 0.2) is 5.15 Å². The smallest absolute Gasteiger partial charge is 0.234 e. The number of hydrogen-bond donors (Lipinski definition) is 0. The molecule has 0 aliphatic rings. The first-order chi connectivity index (χ1) is 7.40. The van der Waals surface area contributed by atoms with Crippen molar-refractivity contribution in [1.82, 2.24) is 4.98 Å². The summed E-state index contributed by atoms with van der Waals surface area (Å²) < 4.78 is 5.61. The fraction of sp³-hybridized carbons (Fsp3) is 0.545. The molecule has 5 heteroatoms. The lowest BCUT2D eigenvalue weighted by Crippen LogP contribution is -2.15. The Morgan fingerprint density at radius 3 is 2.38 bits per heavy atom. The summed E-state index contributed by atoms with van der Waals surface area (Å²) in [5, 5.41) is 0.915. The Morgan fingerprint density at radius 1 is 1.19 bits per heavy atom. The molecule has 1 aromatic heterocycles. The van der Waals surface area contributed by atoms with Crippen LogP contribution in [-0.4, -0.2) is 11.1 Å². The zero-order valence-corrected chi connectivity index (χ0v) is 11.7. The van der Waals surface area contributed by atoms with Crippen molar-refractivity contribution in [2.24, 2.45) is 5.92 Å². The van der Waals surface area contributed by atoms with Crippen LogP contribution >= 0.6 is 34.8 Å². The van der Waals surface area contributed by atoms with Crippen molar-refractivity contribution >= 4 is 34.8 Å². The molecule has 0 saturated heterocycles.